The number of hydrogen-bond acceptors (Lipinski definition) is 1. The molecule has 12 rings (SSSR count). The van der Waals surface area contributed by atoms with Gasteiger partial charge in [-0.1, -0.05) is 202 Å². The highest BCUT2D eigenvalue weighted by Crippen LogP contribution is 2.62. The highest BCUT2D eigenvalue weighted by atomic mass is 15.1. The van der Waals surface area contributed by atoms with Crippen LogP contribution in [-0.2, 0) is 10.8 Å². The van der Waals surface area contributed by atoms with Gasteiger partial charge in [0.1, 0.15) is 0 Å². The molecule has 0 saturated carbocycles. The van der Waals surface area contributed by atoms with Crippen LogP contribution in [0.15, 0.2) is 237 Å². The zero-order chi connectivity index (χ0) is 42.1. The van der Waals surface area contributed by atoms with Crippen LogP contribution in [0.3, 0.4) is 0 Å². The molecule has 1 spiro atoms. The molecular formula is C62H45N. The van der Waals surface area contributed by atoms with Crippen LogP contribution in [0.25, 0.3) is 55.3 Å². The van der Waals surface area contributed by atoms with Crippen molar-refractivity contribution >= 4 is 27.8 Å². The van der Waals surface area contributed by atoms with Crippen molar-refractivity contribution in [1.82, 2.24) is 0 Å². The molecule has 0 saturated heterocycles. The van der Waals surface area contributed by atoms with Crippen molar-refractivity contribution in [2.24, 2.45) is 0 Å². The zero-order valence-electron chi connectivity index (χ0n) is 35.5. The summed E-state index contributed by atoms with van der Waals surface area (Å²) < 4.78 is 0. The maximum Gasteiger partial charge on any atom is 0.0719 e. The molecule has 0 N–H and O–H groups in total. The van der Waals surface area contributed by atoms with Crippen LogP contribution in [-0.4, -0.2) is 0 Å². The zero-order valence-corrected chi connectivity index (χ0v) is 35.5. The van der Waals surface area contributed by atoms with Gasteiger partial charge in [0, 0.05) is 22.5 Å². The molecule has 10 aromatic rings. The van der Waals surface area contributed by atoms with Crippen LogP contribution in [0.4, 0.5) is 17.1 Å². The van der Waals surface area contributed by atoms with Gasteiger partial charge in [-0.05, 0) is 137 Å². The van der Waals surface area contributed by atoms with E-state index in [1.54, 1.807) is 0 Å². The first-order chi connectivity index (χ1) is 31.0. The van der Waals surface area contributed by atoms with Crippen molar-refractivity contribution < 1.29 is 0 Å². The normalized spacial score (nSPS) is 13.8. The Morgan fingerprint density at radius 2 is 0.667 bits per heavy atom. The van der Waals surface area contributed by atoms with Crippen LogP contribution in [0, 0.1) is 0 Å². The number of hydrogen-bond donors (Lipinski definition) is 0. The molecule has 0 heterocycles. The summed E-state index contributed by atoms with van der Waals surface area (Å²) in [7, 11) is 0. The van der Waals surface area contributed by atoms with E-state index >= 15 is 0 Å². The molecule has 0 radical (unpaired) electrons. The van der Waals surface area contributed by atoms with Crippen molar-refractivity contribution in [3.63, 3.8) is 0 Å². The Hall–Kier alpha value is -7.74. The third kappa shape index (κ3) is 5.77. The van der Waals surface area contributed by atoms with Gasteiger partial charge in [-0.15, -0.1) is 0 Å². The molecule has 63 heavy (non-hydrogen) atoms. The van der Waals surface area contributed by atoms with Gasteiger partial charge >= 0.3 is 0 Å². The molecule has 1 heteroatoms. The Labute approximate surface area is 370 Å². The monoisotopic (exact) mass is 803 g/mol. The summed E-state index contributed by atoms with van der Waals surface area (Å²) >= 11 is 0. The number of benzene rings is 10. The lowest BCUT2D eigenvalue weighted by atomic mass is 9.55. The van der Waals surface area contributed by atoms with Crippen molar-refractivity contribution in [2.45, 2.75) is 24.7 Å². The van der Waals surface area contributed by atoms with Gasteiger partial charge < -0.3 is 4.90 Å². The lowest BCUT2D eigenvalue weighted by Gasteiger charge is -2.46. The predicted octanol–water partition coefficient (Wildman–Crippen LogP) is 16.3. The first-order valence-corrected chi connectivity index (χ1v) is 22.1. The SMILES string of the molecule is CC1(C)c2ccccc2C2(c3ccccc3-c3ccc(-c4ccc(N(c5ccc(-c6ccccc6)cc5)c5ccc(-c6ccc7ccccc7c6)cc5)cc4)cc32)c2ccccc21. The molecule has 1 nitrogen and oxygen atoms in total. The van der Waals surface area contributed by atoms with E-state index < -0.39 is 5.41 Å². The largest absolute Gasteiger partial charge is 0.311 e. The molecule has 10 aromatic carbocycles. The van der Waals surface area contributed by atoms with Gasteiger partial charge in [0.05, 0.1) is 5.41 Å². The maximum absolute atomic E-state index is 2.49. The predicted molar refractivity (Wildman–Crippen MR) is 264 cm³/mol. The minimum Gasteiger partial charge on any atom is -0.311 e. The molecular weight excluding hydrogens is 759 g/mol. The number of rotatable bonds is 6. The van der Waals surface area contributed by atoms with E-state index in [-0.39, 0.29) is 5.41 Å². The molecule has 0 fully saturated rings. The fourth-order valence-corrected chi connectivity index (χ4v) is 10.9. The first-order valence-electron chi connectivity index (χ1n) is 22.1. The Morgan fingerprint density at radius 3 is 1.25 bits per heavy atom. The topological polar surface area (TPSA) is 3.24 Å². The van der Waals surface area contributed by atoms with Gasteiger partial charge in [0.2, 0.25) is 0 Å². The molecule has 0 unspecified atom stereocenters. The summed E-state index contributed by atoms with van der Waals surface area (Å²) in [5.74, 6) is 0. The van der Waals surface area contributed by atoms with E-state index in [4.69, 9.17) is 0 Å². The number of nitrogens with zero attached hydrogens (tertiary/aromatic N) is 1. The van der Waals surface area contributed by atoms with E-state index in [2.05, 4.69) is 255 Å². The smallest absolute Gasteiger partial charge is 0.0719 e. The third-order valence-electron chi connectivity index (χ3n) is 14.0. The highest BCUT2D eigenvalue weighted by Gasteiger charge is 2.53. The number of anilines is 3. The molecule has 298 valence electrons. The van der Waals surface area contributed by atoms with Gasteiger partial charge in [-0.3, -0.25) is 0 Å². The summed E-state index contributed by atoms with van der Waals surface area (Å²) in [6.07, 6.45) is 0. The van der Waals surface area contributed by atoms with Gasteiger partial charge in [-0.2, -0.15) is 0 Å². The van der Waals surface area contributed by atoms with E-state index in [1.165, 1.54) is 88.7 Å². The minimum absolute atomic E-state index is 0.131. The fraction of sp³-hybridized carbons (Fsp3) is 0.0645. The van der Waals surface area contributed by atoms with Crippen LogP contribution < -0.4 is 4.90 Å². The summed E-state index contributed by atoms with van der Waals surface area (Å²) in [6.45, 7) is 4.77. The molecule has 2 aliphatic carbocycles. The van der Waals surface area contributed by atoms with E-state index in [0.717, 1.165) is 17.1 Å². The van der Waals surface area contributed by atoms with E-state index in [9.17, 15) is 0 Å². The summed E-state index contributed by atoms with van der Waals surface area (Å²) in [5, 5.41) is 2.50. The minimum atomic E-state index is -0.424. The summed E-state index contributed by atoms with van der Waals surface area (Å²) in [6, 6.07) is 87.6. The second-order valence-corrected chi connectivity index (χ2v) is 17.7. The van der Waals surface area contributed by atoms with E-state index in [0.29, 0.717) is 0 Å². The van der Waals surface area contributed by atoms with Crippen molar-refractivity contribution in [2.75, 3.05) is 4.90 Å². The summed E-state index contributed by atoms with van der Waals surface area (Å²) in [4.78, 5) is 2.37. The van der Waals surface area contributed by atoms with Crippen LogP contribution >= 0.6 is 0 Å². The lowest BCUT2D eigenvalue weighted by Crippen LogP contribution is -2.40. The molecule has 0 aromatic heterocycles. The van der Waals surface area contributed by atoms with Crippen molar-refractivity contribution in [3.8, 4) is 44.5 Å². The Morgan fingerprint density at radius 1 is 0.270 bits per heavy atom. The average molecular weight is 804 g/mol. The summed E-state index contributed by atoms with van der Waals surface area (Å²) in [5.41, 5.74) is 20.9. The molecule has 0 amide bonds. The molecule has 0 atom stereocenters. The molecule has 0 aliphatic heterocycles. The van der Waals surface area contributed by atoms with Crippen LogP contribution in [0.2, 0.25) is 0 Å². The lowest BCUT2D eigenvalue weighted by molar-refractivity contribution is 0.563. The maximum atomic E-state index is 2.49. The van der Waals surface area contributed by atoms with Crippen molar-refractivity contribution in [1.29, 1.82) is 0 Å². The Balaban J connectivity index is 0.961. The van der Waals surface area contributed by atoms with Crippen molar-refractivity contribution in [3.05, 3.63) is 270 Å². The fourth-order valence-electron chi connectivity index (χ4n) is 10.9. The Kier molecular flexibility index (Phi) is 8.49. The average Bonchev–Trinajstić information content (AvgIpc) is 3.64. The highest BCUT2D eigenvalue weighted by molar-refractivity contribution is 5.91. The second kappa shape index (κ2) is 14.4. The second-order valence-electron chi connectivity index (χ2n) is 17.7. The van der Waals surface area contributed by atoms with Crippen LogP contribution in [0.5, 0.6) is 0 Å². The van der Waals surface area contributed by atoms with Gasteiger partial charge in [0.25, 0.3) is 0 Å². The standard InChI is InChI=1S/C62H45N/c1-61(2)56-20-10-12-22-58(56)62(59-23-13-11-21-57(59)61)55-19-9-8-18-53(55)54-39-32-49(41-60(54)62)46-30-37-52(38-31-46)63(50-33-26-44(27-34-50)42-14-4-3-5-15-42)51-35-28-45(29-36-51)48-25-24-43-16-6-7-17-47(43)40-48/h3-41H,1-2H3. The Bertz CT molecular complexity index is 3290. The third-order valence-corrected chi connectivity index (χ3v) is 14.0. The molecule has 0 bridgehead atoms. The number of fused-ring (bicyclic) bond motifs is 10. The van der Waals surface area contributed by atoms with E-state index in [1.807, 2.05) is 0 Å². The van der Waals surface area contributed by atoms with Gasteiger partial charge in [-0.25, -0.2) is 0 Å². The molecule has 2 aliphatic rings. The van der Waals surface area contributed by atoms with Gasteiger partial charge in [0.15, 0.2) is 0 Å². The quantitative estimate of drug-likeness (QED) is 0.162. The first kappa shape index (κ1) is 37.1. The van der Waals surface area contributed by atoms with Crippen LogP contribution in [0.1, 0.15) is 47.2 Å².